The normalized spacial score (nSPS) is 13.8. The number of hydrogen-bond donors (Lipinski definition) is 0. The van der Waals surface area contributed by atoms with Crippen LogP contribution >= 0.6 is 0 Å². The Hall–Kier alpha value is -3.55. The van der Waals surface area contributed by atoms with E-state index in [4.69, 9.17) is 0 Å². The standard InChI is InChI=1S/C23H26N4O4/c1-3-5-15-26-22(28)20(18-6-8-19(9-7-18)27(30)31)21(23(26)29)25(4-2)16-12-17-10-13-24-14-11-17/h6-11,13-14H,3-5,12,15-16H2,1-2H3. The van der Waals surface area contributed by atoms with Gasteiger partial charge in [-0.3, -0.25) is 29.6 Å². The molecule has 3 rings (SSSR count). The third-order valence-electron chi connectivity index (χ3n) is 5.36. The van der Waals surface area contributed by atoms with E-state index in [1.807, 2.05) is 30.9 Å². The van der Waals surface area contributed by atoms with Gasteiger partial charge in [-0.1, -0.05) is 13.3 Å². The maximum Gasteiger partial charge on any atom is 0.277 e. The third-order valence-corrected chi connectivity index (χ3v) is 5.36. The zero-order valence-electron chi connectivity index (χ0n) is 17.8. The number of rotatable bonds is 10. The maximum atomic E-state index is 13.3. The summed E-state index contributed by atoms with van der Waals surface area (Å²) in [5.41, 5.74) is 2.22. The monoisotopic (exact) mass is 422 g/mol. The van der Waals surface area contributed by atoms with Gasteiger partial charge in [0.25, 0.3) is 17.5 Å². The molecule has 1 aliphatic heterocycles. The lowest BCUT2D eigenvalue weighted by atomic mass is 10.0. The summed E-state index contributed by atoms with van der Waals surface area (Å²) >= 11 is 0. The molecule has 0 radical (unpaired) electrons. The number of benzene rings is 1. The number of carbonyl (C=O) groups is 2. The van der Waals surface area contributed by atoms with Crippen LogP contribution in [0.15, 0.2) is 54.5 Å². The number of likely N-dealkylation sites (N-methyl/N-ethyl adjacent to an activating group) is 1. The SMILES string of the molecule is CCCCN1C(=O)C(c2ccc([N+](=O)[O-])cc2)=C(N(CC)CCc2ccncc2)C1=O. The van der Waals surface area contributed by atoms with E-state index in [2.05, 4.69) is 4.98 Å². The topological polar surface area (TPSA) is 96.7 Å². The van der Waals surface area contributed by atoms with Crippen LogP contribution in [0.25, 0.3) is 5.57 Å². The minimum Gasteiger partial charge on any atom is -0.366 e. The molecule has 31 heavy (non-hydrogen) atoms. The van der Waals surface area contributed by atoms with E-state index in [-0.39, 0.29) is 17.5 Å². The van der Waals surface area contributed by atoms with Crippen LogP contribution < -0.4 is 0 Å². The molecule has 0 fully saturated rings. The summed E-state index contributed by atoms with van der Waals surface area (Å²) in [4.78, 5) is 44.3. The van der Waals surface area contributed by atoms with Crippen LogP contribution in [-0.4, -0.2) is 51.2 Å². The lowest BCUT2D eigenvalue weighted by Gasteiger charge is -2.25. The zero-order valence-corrected chi connectivity index (χ0v) is 17.8. The molecule has 2 heterocycles. The highest BCUT2D eigenvalue weighted by Crippen LogP contribution is 2.32. The molecular formula is C23H26N4O4. The van der Waals surface area contributed by atoms with Gasteiger partial charge in [-0.15, -0.1) is 0 Å². The number of non-ortho nitro benzene ring substituents is 1. The number of nitro benzene ring substituents is 1. The summed E-state index contributed by atoms with van der Waals surface area (Å²) in [5.74, 6) is -0.645. The summed E-state index contributed by atoms with van der Waals surface area (Å²) in [6.07, 6.45) is 5.73. The maximum absolute atomic E-state index is 13.3. The molecular weight excluding hydrogens is 396 g/mol. The summed E-state index contributed by atoms with van der Waals surface area (Å²) in [6, 6.07) is 9.65. The van der Waals surface area contributed by atoms with Crippen LogP contribution in [-0.2, 0) is 16.0 Å². The van der Waals surface area contributed by atoms with Crippen LogP contribution in [0.3, 0.4) is 0 Å². The number of nitrogens with zero attached hydrogens (tertiary/aromatic N) is 4. The number of nitro groups is 1. The average Bonchev–Trinajstić information content (AvgIpc) is 3.03. The summed E-state index contributed by atoms with van der Waals surface area (Å²) in [6.45, 7) is 5.42. The molecule has 8 heteroatoms. The van der Waals surface area contributed by atoms with Crippen molar-refractivity contribution >= 4 is 23.1 Å². The van der Waals surface area contributed by atoms with E-state index < -0.39 is 4.92 Å². The molecule has 2 amide bonds. The van der Waals surface area contributed by atoms with Crippen molar-refractivity contribution in [1.82, 2.24) is 14.8 Å². The highest BCUT2D eigenvalue weighted by Gasteiger charge is 2.40. The van der Waals surface area contributed by atoms with Gasteiger partial charge in [-0.2, -0.15) is 0 Å². The molecule has 2 aromatic rings. The van der Waals surface area contributed by atoms with Crippen molar-refractivity contribution < 1.29 is 14.5 Å². The van der Waals surface area contributed by atoms with Crippen molar-refractivity contribution in [2.75, 3.05) is 19.6 Å². The van der Waals surface area contributed by atoms with E-state index in [1.54, 1.807) is 24.5 Å². The second-order valence-electron chi connectivity index (χ2n) is 7.33. The molecule has 1 aromatic carbocycles. The van der Waals surface area contributed by atoms with E-state index in [1.165, 1.54) is 17.0 Å². The van der Waals surface area contributed by atoms with Crippen molar-refractivity contribution in [3.63, 3.8) is 0 Å². The van der Waals surface area contributed by atoms with Gasteiger partial charge in [-0.25, -0.2) is 0 Å². The second kappa shape index (κ2) is 9.97. The number of unbranched alkanes of at least 4 members (excludes halogenated alkanes) is 1. The van der Waals surface area contributed by atoms with Gasteiger partial charge in [0.2, 0.25) is 0 Å². The second-order valence-corrected chi connectivity index (χ2v) is 7.33. The van der Waals surface area contributed by atoms with Gasteiger partial charge in [0.1, 0.15) is 5.70 Å². The first-order valence-electron chi connectivity index (χ1n) is 10.5. The first-order chi connectivity index (χ1) is 15.0. The summed E-state index contributed by atoms with van der Waals surface area (Å²) < 4.78 is 0. The van der Waals surface area contributed by atoms with Crippen molar-refractivity contribution in [2.24, 2.45) is 0 Å². The first-order valence-corrected chi connectivity index (χ1v) is 10.5. The van der Waals surface area contributed by atoms with Crippen LogP contribution in [0, 0.1) is 10.1 Å². The van der Waals surface area contributed by atoms with Gasteiger partial charge in [0.15, 0.2) is 0 Å². The molecule has 0 spiro atoms. The number of pyridine rings is 1. The van der Waals surface area contributed by atoms with E-state index in [0.29, 0.717) is 42.9 Å². The molecule has 0 saturated heterocycles. The van der Waals surface area contributed by atoms with Gasteiger partial charge >= 0.3 is 0 Å². The molecule has 0 saturated carbocycles. The summed E-state index contributed by atoms with van der Waals surface area (Å²) in [5, 5.41) is 11.0. The van der Waals surface area contributed by atoms with Crippen molar-refractivity contribution in [3.8, 4) is 0 Å². The van der Waals surface area contributed by atoms with Crippen molar-refractivity contribution in [1.29, 1.82) is 0 Å². The summed E-state index contributed by atoms with van der Waals surface area (Å²) in [7, 11) is 0. The zero-order chi connectivity index (χ0) is 22.4. The Kier molecular flexibility index (Phi) is 7.12. The van der Waals surface area contributed by atoms with Crippen molar-refractivity contribution in [3.05, 3.63) is 75.7 Å². The van der Waals surface area contributed by atoms with E-state index >= 15 is 0 Å². The highest BCUT2D eigenvalue weighted by atomic mass is 16.6. The number of aromatic nitrogens is 1. The van der Waals surface area contributed by atoms with Gasteiger partial charge < -0.3 is 4.90 Å². The first kappa shape index (κ1) is 22.1. The fourth-order valence-corrected chi connectivity index (χ4v) is 3.63. The minimum atomic E-state index is -0.485. The Morgan fingerprint density at radius 2 is 1.71 bits per heavy atom. The molecule has 0 unspecified atom stereocenters. The molecule has 1 aromatic heterocycles. The lowest BCUT2D eigenvalue weighted by molar-refractivity contribution is -0.384. The van der Waals surface area contributed by atoms with Gasteiger partial charge in [0.05, 0.1) is 10.5 Å². The molecule has 0 atom stereocenters. The molecule has 1 aliphatic rings. The third kappa shape index (κ3) is 4.79. The van der Waals surface area contributed by atoms with Gasteiger partial charge in [0, 0.05) is 44.2 Å². The molecule has 0 bridgehead atoms. The van der Waals surface area contributed by atoms with E-state index in [9.17, 15) is 19.7 Å². The predicted molar refractivity (Wildman–Crippen MR) is 117 cm³/mol. The Morgan fingerprint density at radius 3 is 2.29 bits per heavy atom. The Bertz CT molecular complexity index is 986. The van der Waals surface area contributed by atoms with Crippen LogP contribution in [0.4, 0.5) is 5.69 Å². The molecule has 162 valence electrons. The molecule has 0 aliphatic carbocycles. The fourth-order valence-electron chi connectivity index (χ4n) is 3.63. The smallest absolute Gasteiger partial charge is 0.277 e. The average molecular weight is 422 g/mol. The Labute approximate surface area is 181 Å². The number of hydrogen-bond acceptors (Lipinski definition) is 6. The number of amides is 2. The Balaban J connectivity index is 1.98. The quantitative estimate of drug-likeness (QED) is 0.331. The lowest BCUT2D eigenvalue weighted by Crippen LogP contribution is -2.36. The van der Waals surface area contributed by atoms with Crippen LogP contribution in [0.2, 0.25) is 0 Å². The largest absolute Gasteiger partial charge is 0.366 e. The minimum absolute atomic E-state index is 0.0597. The number of carbonyl (C=O) groups excluding carboxylic acids is 2. The molecule has 0 N–H and O–H groups in total. The van der Waals surface area contributed by atoms with Crippen LogP contribution in [0.1, 0.15) is 37.8 Å². The van der Waals surface area contributed by atoms with Crippen molar-refractivity contribution in [2.45, 2.75) is 33.1 Å². The molecule has 8 nitrogen and oxygen atoms in total. The van der Waals surface area contributed by atoms with E-state index in [0.717, 1.165) is 18.4 Å². The fraction of sp³-hybridized carbons (Fsp3) is 0.348. The van der Waals surface area contributed by atoms with Crippen LogP contribution in [0.5, 0.6) is 0 Å². The number of imide groups is 1. The predicted octanol–water partition coefficient (Wildman–Crippen LogP) is 3.43. The van der Waals surface area contributed by atoms with Gasteiger partial charge in [-0.05, 0) is 55.2 Å². The highest BCUT2D eigenvalue weighted by molar-refractivity contribution is 6.35. The Morgan fingerprint density at radius 1 is 1.03 bits per heavy atom.